The molecular formula is C12H18O2. The van der Waals surface area contributed by atoms with Gasteiger partial charge in [0.2, 0.25) is 0 Å². The zero-order valence-corrected chi connectivity index (χ0v) is 9.01. The van der Waals surface area contributed by atoms with E-state index in [1.807, 2.05) is 13.8 Å². The minimum absolute atomic E-state index is 0.294. The van der Waals surface area contributed by atoms with Crippen LogP contribution >= 0.6 is 0 Å². The first-order valence-electron chi connectivity index (χ1n) is 5.47. The maximum absolute atomic E-state index is 12.1. The van der Waals surface area contributed by atoms with Crippen molar-refractivity contribution in [3.8, 4) is 0 Å². The van der Waals surface area contributed by atoms with E-state index in [-0.39, 0.29) is 5.41 Å². The molecule has 0 saturated heterocycles. The number of ketones is 1. The van der Waals surface area contributed by atoms with Gasteiger partial charge in [0.25, 0.3) is 0 Å². The molecule has 14 heavy (non-hydrogen) atoms. The van der Waals surface area contributed by atoms with Crippen LogP contribution in [-0.4, -0.2) is 12.4 Å². The first-order valence-corrected chi connectivity index (χ1v) is 5.47. The molecule has 2 aliphatic carbocycles. The van der Waals surface area contributed by atoms with Gasteiger partial charge in [0, 0.05) is 5.92 Å². The third kappa shape index (κ3) is 1.06. The Kier molecular flexibility index (Phi) is 2.17. The van der Waals surface area contributed by atoms with Crippen molar-refractivity contribution in [2.75, 3.05) is 6.61 Å². The van der Waals surface area contributed by atoms with E-state index in [1.165, 1.54) is 6.42 Å². The summed E-state index contributed by atoms with van der Waals surface area (Å²) in [7, 11) is 0. The molecule has 2 bridgehead atoms. The molecule has 2 heteroatoms. The molecule has 2 aliphatic rings. The van der Waals surface area contributed by atoms with Crippen LogP contribution in [0.25, 0.3) is 0 Å². The SMILES string of the molecule is C=C(OCC)[C@]1(C)C(=O)[C@@H]2CC[C@H]1C2. The second-order valence-electron chi connectivity index (χ2n) is 4.63. The Morgan fingerprint density at radius 3 is 2.86 bits per heavy atom. The Balaban J connectivity index is 2.23. The summed E-state index contributed by atoms with van der Waals surface area (Å²) >= 11 is 0. The number of rotatable bonds is 3. The highest BCUT2D eigenvalue weighted by Gasteiger charge is 2.57. The van der Waals surface area contributed by atoms with Gasteiger partial charge in [0.15, 0.2) is 0 Å². The summed E-state index contributed by atoms with van der Waals surface area (Å²) in [6.45, 7) is 8.48. The molecule has 0 aliphatic heterocycles. The van der Waals surface area contributed by atoms with Gasteiger partial charge < -0.3 is 4.74 Å². The van der Waals surface area contributed by atoms with Crippen LogP contribution in [0.5, 0.6) is 0 Å². The summed E-state index contributed by atoms with van der Waals surface area (Å²) in [4.78, 5) is 12.1. The highest BCUT2D eigenvalue weighted by molar-refractivity contribution is 5.92. The molecular weight excluding hydrogens is 176 g/mol. The molecule has 3 atom stereocenters. The molecule has 0 radical (unpaired) electrons. The van der Waals surface area contributed by atoms with Crippen LogP contribution in [0.2, 0.25) is 0 Å². The lowest BCUT2D eigenvalue weighted by molar-refractivity contribution is -0.131. The smallest absolute Gasteiger partial charge is 0.149 e. The topological polar surface area (TPSA) is 26.3 Å². The van der Waals surface area contributed by atoms with Crippen molar-refractivity contribution in [3.63, 3.8) is 0 Å². The van der Waals surface area contributed by atoms with Gasteiger partial charge in [-0.15, -0.1) is 0 Å². The monoisotopic (exact) mass is 194 g/mol. The van der Waals surface area contributed by atoms with E-state index in [0.717, 1.165) is 12.8 Å². The summed E-state index contributed by atoms with van der Waals surface area (Å²) in [6, 6.07) is 0. The third-order valence-corrected chi connectivity index (χ3v) is 4.03. The molecule has 0 aromatic rings. The van der Waals surface area contributed by atoms with Crippen LogP contribution in [0, 0.1) is 17.3 Å². The number of hydrogen-bond acceptors (Lipinski definition) is 2. The van der Waals surface area contributed by atoms with Gasteiger partial charge in [-0.1, -0.05) is 6.58 Å². The highest BCUT2D eigenvalue weighted by Crippen LogP contribution is 2.56. The summed E-state index contributed by atoms with van der Waals surface area (Å²) in [5.41, 5.74) is -0.376. The van der Waals surface area contributed by atoms with Crippen LogP contribution in [0.1, 0.15) is 33.1 Å². The Labute approximate surface area is 85.3 Å². The van der Waals surface area contributed by atoms with Gasteiger partial charge in [-0.05, 0) is 39.0 Å². The lowest BCUT2D eigenvalue weighted by Gasteiger charge is -2.33. The van der Waals surface area contributed by atoms with Crippen LogP contribution in [0.4, 0.5) is 0 Å². The maximum Gasteiger partial charge on any atom is 0.149 e. The molecule has 0 amide bonds. The number of carbonyl (C=O) groups excluding carboxylic acids is 1. The highest BCUT2D eigenvalue weighted by atomic mass is 16.5. The van der Waals surface area contributed by atoms with Gasteiger partial charge in [-0.25, -0.2) is 0 Å². The second kappa shape index (κ2) is 3.11. The van der Waals surface area contributed by atoms with Gasteiger partial charge in [0.05, 0.1) is 12.0 Å². The van der Waals surface area contributed by atoms with E-state index in [0.29, 0.717) is 30.0 Å². The molecule has 0 unspecified atom stereocenters. The average molecular weight is 194 g/mol. The van der Waals surface area contributed by atoms with Crippen molar-refractivity contribution in [1.82, 2.24) is 0 Å². The lowest BCUT2D eigenvalue weighted by Crippen LogP contribution is -2.36. The molecule has 2 fully saturated rings. The average Bonchev–Trinajstić information content (AvgIpc) is 2.71. The van der Waals surface area contributed by atoms with Gasteiger partial charge >= 0.3 is 0 Å². The van der Waals surface area contributed by atoms with Gasteiger partial charge in [-0.3, -0.25) is 4.79 Å². The van der Waals surface area contributed by atoms with Gasteiger partial charge in [0.1, 0.15) is 11.5 Å². The van der Waals surface area contributed by atoms with Crippen molar-refractivity contribution in [2.45, 2.75) is 33.1 Å². The Bertz CT molecular complexity index is 282. The fraction of sp³-hybridized carbons (Fsp3) is 0.750. The summed E-state index contributed by atoms with van der Waals surface area (Å²) in [6.07, 6.45) is 3.30. The molecule has 0 spiro atoms. The first-order chi connectivity index (χ1) is 6.60. The van der Waals surface area contributed by atoms with Crippen LogP contribution in [0.3, 0.4) is 0 Å². The minimum atomic E-state index is -0.376. The number of fused-ring (bicyclic) bond motifs is 2. The maximum atomic E-state index is 12.1. The lowest BCUT2D eigenvalue weighted by atomic mass is 9.72. The van der Waals surface area contributed by atoms with Gasteiger partial charge in [-0.2, -0.15) is 0 Å². The molecule has 0 N–H and O–H groups in total. The van der Waals surface area contributed by atoms with E-state index in [9.17, 15) is 4.79 Å². The zero-order chi connectivity index (χ0) is 10.3. The Morgan fingerprint density at radius 1 is 1.64 bits per heavy atom. The molecule has 0 aromatic heterocycles. The Hall–Kier alpha value is -0.790. The molecule has 2 nitrogen and oxygen atoms in total. The predicted molar refractivity (Wildman–Crippen MR) is 54.7 cm³/mol. The van der Waals surface area contributed by atoms with E-state index < -0.39 is 0 Å². The fourth-order valence-corrected chi connectivity index (χ4v) is 3.06. The minimum Gasteiger partial charge on any atom is -0.498 e. The quantitative estimate of drug-likeness (QED) is 0.645. The van der Waals surface area contributed by atoms with E-state index >= 15 is 0 Å². The number of Topliss-reactive ketones (excluding diaryl/α,β-unsaturated/α-hetero) is 1. The van der Waals surface area contributed by atoms with Crippen molar-refractivity contribution >= 4 is 5.78 Å². The number of hydrogen-bond donors (Lipinski definition) is 0. The number of carbonyl (C=O) groups is 1. The fourth-order valence-electron chi connectivity index (χ4n) is 3.06. The van der Waals surface area contributed by atoms with Crippen molar-refractivity contribution in [1.29, 1.82) is 0 Å². The van der Waals surface area contributed by atoms with E-state index in [1.54, 1.807) is 0 Å². The van der Waals surface area contributed by atoms with Crippen molar-refractivity contribution in [3.05, 3.63) is 12.3 Å². The second-order valence-corrected chi connectivity index (χ2v) is 4.63. The van der Waals surface area contributed by atoms with Crippen LogP contribution in [0.15, 0.2) is 12.3 Å². The number of allylic oxidation sites excluding steroid dienone is 1. The van der Waals surface area contributed by atoms with E-state index in [2.05, 4.69) is 6.58 Å². The molecule has 78 valence electrons. The first kappa shape index (κ1) is 9.75. The molecule has 0 aromatic carbocycles. The third-order valence-electron chi connectivity index (χ3n) is 4.03. The zero-order valence-electron chi connectivity index (χ0n) is 9.01. The van der Waals surface area contributed by atoms with Crippen molar-refractivity contribution < 1.29 is 9.53 Å². The predicted octanol–water partition coefficient (Wildman–Crippen LogP) is 2.54. The molecule has 2 rings (SSSR count). The largest absolute Gasteiger partial charge is 0.498 e. The van der Waals surface area contributed by atoms with Crippen LogP contribution < -0.4 is 0 Å². The Morgan fingerprint density at radius 2 is 2.36 bits per heavy atom. The van der Waals surface area contributed by atoms with Crippen molar-refractivity contribution in [2.24, 2.45) is 17.3 Å². The summed E-state index contributed by atoms with van der Waals surface area (Å²) in [5, 5.41) is 0. The van der Waals surface area contributed by atoms with Crippen LogP contribution in [-0.2, 0) is 9.53 Å². The summed E-state index contributed by atoms with van der Waals surface area (Å²) in [5.74, 6) is 1.84. The molecule has 0 heterocycles. The van der Waals surface area contributed by atoms with E-state index in [4.69, 9.17) is 4.74 Å². The standard InChI is InChI=1S/C12H18O2/c1-4-14-8(2)12(3)10-6-5-9(7-10)11(12)13/h9-10H,2,4-7H2,1,3H3/t9-,10+,12+/m1/s1. The summed E-state index contributed by atoms with van der Waals surface area (Å²) < 4.78 is 5.44. The number of ether oxygens (including phenoxy) is 1. The molecule has 2 saturated carbocycles. The normalized spacial score (nSPS) is 40.3.